The summed E-state index contributed by atoms with van der Waals surface area (Å²) in [5.41, 5.74) is -0.333. The van der Waals surface area contributed by atoms with Crippen molar-refractivity contribution >= 4 is 21.9 Å². The molecular formula is C16H17N3O8S. The SMILES string of the molecule is COc1ccc(S(=O)(=O)N/N=C/c2cc([N+](=O)[O-])ccc2O)c(OC)c1OC. The summed E-state index contributed by atoms with van der Waals surface area (Å²) in [6.45, 7) is 0. The topological polar surface area (TPSA) is 150 Å². The number of aromatic hydroxyl groups is 1. The molecule has 28 heavy (non-hydrogen) atoms. The number of sulfonamides is 1. The fraction of sp³-hybridized carbons (Fsp3) is 0.188. The molecule has 150 valence electrons. The van der Waals surface area contributed by atoms with Gasteiger partial charge in [-0.25, -0.2) is 0 Å². The monoisotopic (exact) mass is 411 g/mol. The number of phenols is 1. The molecule has 12 heteroatoms. The molecule has 0 aliphatic carbocycles. The van der Waals surface area contributed by atoms with Crippen LogP contribution in [-0.4, -0.2) is 46.0 Å². The first-order valence-electron chi connectivity index (χ1n) is 7.56. The maximum absolute atomic E-state index is 12.6. The van der Waals surface area contributed by atoms with E-state index in [1.54, 1.807) is 0 Å². The fourth-order valence-electron chi connectivity index (χ4n) is 2.26. The van der Waals surface area contributed by atoms with E-state index in [4.69, 9.17) is 14.2 Å². The molecule has 0 radical (unpaired) electrons. The number of hydrogen-bond acceptors (Lipinski definition) is 9. The quantitative estimate of drug-likeness (QED) is 0.378. The molecule has 2 aromatic carbocycles. The highest BCUT2D eigenvalue weighted by atomic mass is 32.2. The minimum absolute atomic E-state index is 0.0452. The number of ether oxygens (including phenoxy) is 3. The average molecular weight is 411 g/mol. The van der Waals surface area contributed by atoms with E-state index in [0.29, 0.717) is 0 Å². The maximum Gasteiger partial charge on any atom is 0.280 e. The first-order chi connectivity index (χ1) is 13.2. The van der Waals surface area contributed by atoms with Crippen LogP contribution in [0, 0.1) is 10.1 Å². The van der Waals surface area contributed by atoms with Crippen molar-refractivity contribution in [2.45, 2.75) is 4.90 Å². The molecule has 0 aliphatic rings. The van der Waals surface area contributed by atoms with Crippen LogP contribution in [0.2, 0.25) is 0 Å². The molecule has 0 unspecified atom stereocenters. The average Bonchev–Trinajstić information content (AvgIpc) is 2.67. The van der Waals surface area contributed by atoms with Gasteiger partial charge in [0.1, 0.15) is 10.6 Å². The predicted molar refractivity (Wildman–Crippen MR) is 98.8 cm³/mol. The zero-order valence-electron chi connectivity index (χ0n) is 15.1. The number of rotatable bonds is 8. The summed E-state index contributed by atoms with van der Waals surface area (Å²) in [6.07, 6.45) is 0.938. The molecule has 0 saturated heterocycles. The Bertz CT molecular complexity index is 1020. The van der Waals surface area contributed by atoms with Gasteiger partial charge in [0.05, 0.1) is 32.5 Å². The summed E-state index contributed by atoms with van der Waals surface area (Å²) in [5.74, 6) is -0.0588. The van der Waals surface area contributed by atoms with Gasteiger partial charge in [-0.3, -0.25) is 10.1 Å². The van der Waals surface area contributed by atoms with Gasteiger partial charge >= 0.3 is 0 Å². The predicted octanol–water partition coefficient (Wildman–Crippen LogP) is 1.64. The fourth-order valence-corrected chi connectivity index (χ4v) is 3.22. The lowest BCUT2D eigenvalue weighted by atomic mass is 10.2. The summed E-state index contributed by atoms with van der Waals surface area (Å²) in [6, 6.07) is 5.87. The normalized spacial score (nSPS) is 11.2. The Morgan fingerprint density at radius 2 is 1.79 bits per heavy atom. The van der Waals surface area contributed by atoms with Gasteiger partial charge in [0.25, 0.3) is 15.7 Å². The summed E-state index contributed by atoms with van der Waals surface area (Å²) in [4.78, 5) is 11.8. The lowest BCUT2D eigenvalue weighted by Crippen LogP contribution is -2.19. The van der Waals surface area contributed by atoms with Crippen LogP contribution in [0.25, 0.3) is 0 Å². The third-order valence-corrected chi connectivity index (χ3v) is 4.80. The van der Waals surface area contributed by atoms with Crippen LogP contribution in [-0.2, 0) is 10.0 Å². The van der Waals surface area contributed by atoms with E-state index in [-0.39, 0.29) is 39.1 Å². The summed E-state index contributed by atoms with van der Waals surface area (Å²) in [5, 5.41) is 24.1. The highest BCUT2D eigenvalue weighted by Crippen LogP contribution is 2.41. The van der Waals surface area contributed by atoms with Gasteiger partial charge in [0, 0.05) is 17.7 Å². The van der Waals surface area contributed by atoms with E-state index in [1.807, 2.05) is 4.83 Å². The molecule has 0 aromatic heterocycles. The number of hydrazone groups is 1. The van der Waals surface area contributed by atoms with Gasteiger partial charge in [-0.2, -0.15) is 18.4 Å². The Morgan fingerprint density at radius 1 is 1.11 bits per heavy atom. The van der Waals surface area contributed by atoms with E-state index in [1.165, 1.54) is 33.5 Å². The number of hydrogen-bond donors (Lipinski definition) is 2. The molecule has 2 aromatic rings. The van der Waals surface area contributed by atoms with Crippen molar-refractivity contribution in [2.24, 2.45) is 5.10 Å². The highest BCUT2D eigenvalue weighted by Gasteiger charge is 2.25. The maximum atomic E-state index is 12.6. The second-order valence-electron chi connectivity index (χ2n) is 5.19. The molecule has 0 aliphatic heterocycles. The molecule has 0 atom stereocenters. The molecule has 2 N–H and O–H groups in total. The van der Waals surface area contributed by atoms with Crippen molar-refractivity contribution in [2.75, 3.05) is 21.3 Å². The molecule has 2 rings (SSSR count). The smallest absolute Gasteiger partial charge is 0.280 e. The van der Waals surface area contributed by atoms with Crippen LogP contribution in [0.1, 0.15) is 5.56 Å². The Hall–Kier alpha value is -3.54. The number of nitrogens with one attached hydrogen (secondary N) is 1. The number of phenolic OH excluding ortho intramolecular Hbond substituents is 1. The van der Waals surface area contributed by atoms with Crippen molar-refractivity contribution in [3.63, 3.8) is 0 Å². The molecule has 11 nitrogen and oxygen atoms in total. The Balaban J connectivity index is 2.36. The molecule has 0 bridgehead atoms. The van der Waals surface area contributed by atoms with Gasteiger partial charge in [0.2, 0.25) is 5.75 Å². The van der Waals surface area contributed by atoms with E-state index in [9.17, 15) is 23.6 Å². The third kappa shape index (κ3) is 4.23. The van der Waals surface area contributed by atoms with Crippen LogP contribution in [0.4, 0.5) is 5.69 Å². The van der Waals surface area contributed by atoms with E-state index < -0.39 is 14.9 Å². The summed E-state index contributed by atoms with van der Waals surface area (Å²) in [7, 11) is -0.214. The van der Waals surface area contributed by atoms with E-state index in [2.05, 4.69) is 5.10 Å². The molecule has 0 fully saturated rings. The molecule has 0 spiro atoms. The van der Waals surface area contributed by atoms with Crippen molar-refractivity contribution in [1.82, 2.24) is 4.83 Å². The number of methoxy groups -OCH3 is 3. The van der Waals surface area contributed by atoms with Crippen molar-refractivity contribution in [3.05, 3.63) is 46.0 Å². The van der Waals surface area contributed by atoms with Crippen molar-refractivity contribution in [1.29, 1.82) is 0 Å². The third-order valence-electron chi connectivity index (χ3n) is 3.56. The molecule has 0 amide bonds. The number of nitrogens with zero attached hydrogens (tertiary/aromatic N) is 2. The molecule has 0 saturated carbocycles. The summed E-state index contributed by atoms with van der Waals surface area (Å²) < 4.78 is 40.5. The van der Waals surface area contributed by atoms with Crippen LogP contribution >= 0.6 is 0 Å². The summed E-state index contributed by atoms with van der Waals surface area (Å²) >= 11 is 0. The minimum atomic E-state index is -4.19. The van der Waals surface area contributed by atoms with Gasteiger partial charge < -0.3 is 19.3 Å². The van der Waals surface area contributed by atoms with E-state index >= 15 is 0 Å². The number of nitro groups is 1. The number of benzene rings is 2. The van der Waals surface area contributed by atoms with Gasteiger partial charge in [-0.1, -0.05) is 0 Å². The molecule has 0 heterocycles. The number of nitro benzene ring substituents is 1. The highest BCUT2D eigenvalue weighted by molar-refractivity contribution is 7.89. The first-order valence-corrected chi connectivity index (χ1v) is 9.04. The zero-order valence-corrected chi connectivity index (χ0v) is 15.9. The van der Waals surface area contributed by atoms with Crippen LogP contribution in [0.15, 0.2) is 40.3 Å². The molecular weight excluding hydrogens is 394 g/mol. The Labute approximate surface area is 160 Å². The Kier molecular flexibility index (Phi) is 6.26. The van der Waals surface area contributed by atoms with E-state index in [0.717, 1.165) is 24.4 Å². The lowest BCUT2D eigenvalue weighted by molar-refractivity contribution is -0.384. The van der Waals surface area contributed by atoms with Crippen molar-refractivity contribution < 1.29 is 32.7 Å². The Morgan fingerprint density at radius 3 is 2.36 bits per heavy atom. The minimum Gasteiger partial charge on any atom is -0.507 e. The van der Waals surface area contributed by atoms with Crippen LogP contribution in [0.5, 0.6) is 23.0 Å². The second kappa shape index (κ2) is 8.43. The van der Waals surface area contributed by atoms with Gasteiger partial charge in [-0.05, 0) is 18.2 Å². The standard InChI is InChI=1S/C16H17N3O8S/c1-25-13-6-7-14(16(27-3)15(13)26-2)28(23,24)18-17-9-10-8-11(19(21)22)4-5-12(10)20/h4-9,18,20H,1-3H3/b17-9+. The number of non-ortho nitro benzene ring substituents is 1. The second-order valence-corrected chi connectivity index (χ2v) is 6.81. The van der Waals surface area contributed by atoms with Gasteiger partial charge in [0.15, 0.2) is 11.5 Å². The van der Waals surface area contributed by atoms with Crippen LogP contribution in [0.3, 0.4) is 0 Å². The van der Waals surface area contributed by atoms with Crippen molar-refractivity contribution in [3.8, 4) is 23.0 Å². The largest absolute Gasteiger partial charge is 0.507 e. The van der Waals surface area contributed by atoms with Gasteiger partial charge in [-0.15, -0.1) is 0 Å². The van der Waals surface area contributed by atoms with Crippen LogP contribution < -0.4 is 19.0 Å². The first kappa shape index (κ1) is 20.8. The lowest BCUT2D eigenvalue weighted by Gasteiger charge is -2.15. The zero-order chi connectivity index (χ0) is 20.9.